The SMILES string of the molecule is Cc1ccc(N)c(S(=O)(=O)N(C)c2ccccn2)c1C. The normalized spacial score (nSPS) is 11.3. The molecular weight excluding hydrogens is 274 g/mol. The van der Waals surface area contributed by atoms with Gasteiger partial charge in [-0.3, -0.25) is 4.31 Å². The molecule has 0 spiro atoms. The van der Waals surface area contributed by atoms with Gasteiger partial charge in [-0.2, -0.15) is 0 Å². The molecule has 6 heteroatoms. The third-order valence-corrected chi connectivity index (χ3v) is 5.26. The molecule has 0 saturated heterocycles. The van der Waals surface area contributed by atoms with Gasteiger partial charge in [0.05, 0.1) is 5.69 Å². The number of nitrogens with two attached hydrogens (primary N) is 1. The van der Waals surface area contributed by atoms with E-state index in [2.05, 4.69) is 4.98 Å². The molecule has 0 atom stereocenters. The molecule has 0 amide bonds. The Morgan fingerprint density at radius 2 is 1.85 bits per heavy atom. The number of sulfonamides is 1. The minimum atomic E-state index is -3.73. The number of hydrogen-bond donors (Lipinski definition) is 1. The standard InChI is InChI=1S/C14H17N3O2S/c1-10-7-8-12(15)14(11(10)2)20(18,19)17(3)13-6-4-5-9-16-13/h4-9H,15H2,1-3H3. The number of anilines is 2. The van der Waals surface area contributed by atoms with Gasteiger partial charge in [0.2, 0.25) is 0 Å². The molecule has 0 aliphatic rings. The van der Waals surface area contributed by atoms with Crippen molar-refractivity contribution in [2.75, 3.05) is 17.1 Å². The van der Waals surface area contributed by atoms with Crippen molar-refractivity contribution < 1.29 is 8.42 Å². The van der Waals surface area contributed by atoms with Crippen LogP contribution in [0.5, 0.6) is 0 Å². The lowest BCUT2D eigenvalue weighted by Crippen LogP contribution is -2.28. The second-order valence-electron chi connectivity index (χ2n) is 4.59. The molecule has 0 radical (unpaired) electrons. The first-order valence-electron chi connectivity index (χ1n) is 6.11. The molecule has 0 aliphatic carbocycles. The highest BCUT2D eigenvalue weighted by atomic mass is 32.2. The lowest BCUT2D eigenvalue weighted by Gasteiger charge is -2.21. The van der Waals surface area contributed by atoms with E-state index in [-0.39, 0.29) is 10.6 Å². The monoisotopic (exact) mass is 291 g/mol. The number of nitrogen functional groups attached to an aromatic ring is 1. The molecule has 106 valence electrons. The Labute approximate surface area is 119 Å². The molecule has 2 rings (SSSR count). The first-order valence-corrected chi connectivity index (χ1v) is 7.55. The van der Waals surface area contributed by atoms with Gasteiger partial charge in [0.15, 0.2) is 0 Å². The van der Waals surface area contributed by atoms with E-state index in [1.54, 1.807) is 37.4 Å². The summed E-state index contributed by atoms with van der Waals surface area (Å²) in [5.41, 5.74) is 7.65. The van der Waals surface area contributed by atoms with Gasteiger partial charge in [0.1, 0.15) is 10.7 Å². The minimum absolute atomic E-state index is 0.144. The Hall–Kier alpha value is -2.08. The van der Waals surface area contributed by atoms with Crippen LogP contribution in [0.25, 0.3) is 0 Å². The van der Waals surface area contributed by atoms with E-state index in [1.807, 2.05) is 13.0 Å². The zero-order valence-electron chi connectivity index (χ0n) is 11.7. The fraction of sp³-hybridized carbons (Fsp3) is 0.214. The van der Waals surface area contributed by atoms with Crippen molar-refractivity contribution in [3.05, 3.63) is 47.7 Å². The summed E-state index contributed by atoms with van der Waals surface area (Å²) < 4.78 is 26.6. The van der Waals surface area contributed by atoms with E-state index >= 15 is 0 Å². The van der Waals surface area contributed by atoms with Gasteiger partial charge in [-0.05, 0) is 43.2 Å². The highest BCUT2D eigenvalue weighted by molar-refractivity contribution is 7.93. The summed E-state index contributed by atoms with van der Waals surface area (Å²) in [7, 11) is -2.26. The molecule has 2 N–H and O–H groups in total. The van der Waals surface area contributed by atoms with E-state index in [4.69, 9.17) is 5.73 Å². The topological polar surface area (TPSA) is 76.3 Å². The molecule has 0 fully saturated rings. The van der Waals surface area contributed by atoms with E-state index in [1.165, 1.54) is 7.05 Å². The summed E-state index contributed by atoms with van der Waals surface area (Å²) in [6.45, 7) is 3.61. The average Bonchev–Trinajstić information content (AvgIpc) is 2.43. The molecule has 0 saturated carbocycles. The van der Waals surface area contributed by atoms with E-state index in [0.717, 1.165) is 9.87 Å². The van der Waals surface area contributed by atoms with Crippen LogP contribution in [-0.2, 0) is 10.0 Å². The number of rotatable bonds is 3. The highest BCUT2D eigenvalue weighted by Gasteiger charge is 2.26. The summed E-state index contributed by atoms with van der Waals surface area (Å²) in [5, 5.41) is 0. The lowest BCUT2D eigenvalue weighted by atomic mass is 10.1. The molecule has 2 aromatic rings. The predicted octanol–water partition coefficient (Wildman–Crippen LogP) is 2.11. The zero-order chi connectivity index (χ0) is 14.9. The van der Waals surface area contributed by atoms with Crippen LogP contribution in [0, 0.1) is 13.8 Å². The van der Waals surface area contributed by atoms with Crippen LogP contribution in [0.15, 0.2) is 41.4 Å². The predicted molar refractivity (Wildman–Crippen MR) is 80.2 cm³/mol. The third-order valence-electron chi connectivity index (χ3n) is 3.30. The van der Waals surface area contributed by atoms with Crippen molar-refractivity contribution in [1.82, 2.24) is 4.98 Å². The highest BCUT2D eigenvalue weighted by Crippen LogP contribution is 2.29. The molecule has 1 aromatic carbocycles. The molecule has 5 nitrogen and oxygen atoms in total. The van der Waals surface area contributed by atoms with Gasteiger partial charge in [0, 0.05) is 13.2 Å². The second-order valence-corrected chi connectivity index (χ2v) is 6.49. The Balaban J connectivity index is 2.60. The Kier molecular flexibility index (Phi) is 3.67. The fourth-order valence-corrected chi connectivity index (χ4v) is 3.50. The van der Waals surface area contributed by atoms with Crippen LogP contribution < -0.4 is 10.0 Å². The minimum Gasteiger partial charge on any atom is -0.398 e. The van der Waals surface area contributed by atoms with Crippen LogP contribution >= 0.6 is 0 Å². The van der Waals surface area contributed by atoms with Crippen molar-refractivity contribution in [1.29, 1.82) is 0 Å². The van der Waals surface area contributed by atoms with Crippen LogP contribution in [-0.4, -0.2) is 20.4 Å². The van der Waals surface area contributed by atoms with Crippen molar-refractivity contribution in [3.8, 4) is 0 Å². The maximum absolute atomic E-state index is 12.7. The van der Waals surface area contributed by atoms with E-state index < -0.39 is 10.0 Å². The van der Waals surface area contributed by atoms with E-state index in [9.17, 15) is 8.42 Å². The molecule has 20 heavy (non-hydrogen) atoms. The van der Waals surface area contributed by atoms with Gasteiger partial charge in [-0.25, -0.2) is 13.4 Å². The smallest absolute Gasteiger partial charge is 0.267 e. The summed E-state index contributed by atoms with van der Waals surface area (Å²) >= 11 is 0. The largest absolute Gasteiger partial charge is 0.398 e. The van der Waals surface area contributed by atoms with Crippen LogP contribution in [0.1, 0.15) is 11.1 Å². The van der Waals surface area contributed by atoms with Crippen LogP contribution in [0.2, 0.25) is 0 Å². The maximum Gasteiger partial charge on any atom is 0.267 e. The molecule has 1 aromatic heterocycles. The number of aromatic nitrogens is 1. The fourth-order valence-electron chi connectivity index (χ4n) is 1.95. The van der Waals surface area contributed by atoms with Crippen LogP contribution in [0.3, 0.4) is 0 Å². The molecule has 0 aliphatic heterocycles. The van der Waals surface area contributed by atoms with Crippen molar-refractivity contribution in [2.24, 2.45) is 0 Å². The van der Waals surface area contributed by atoms with Crippen LogP contribution in [0.4, 0.5) is 11.5 Å². The summed E-state index contributed by atoms with van der Waals surface area (Å²) in [4.78, 5) is 4.20. The quantitative estimate of drug-likeness (QED) is 0.879. The first kappa shape index (κ1) is 14.3. The third kappa shape index (κ3) is 2.34. The van der Waals surface area contributed by atoms with Crippen molar-refractivity contribution in [3.63, 3.8) is 0 Å². The molecular formula is C14H17N3O2S. The van der Waals surface area contributed by atoms with Gasteiger partial charge in [0.25, 0.3) is 10.0 Å². The second kappa shape index (κ2) is 5.13. The molecule has 1 heterocycles. The van der Waals surface area contributed by atoms with Gasteiger partial charge >= 0.3 is 0 Å². The molecule has 0 unspecified atom stereocenters. The number of pyridine rings is 1. The Morgan fingerprint density at radius 3 is 2.45 bits per heavy atom. The molecule has 0 bridgehead atoms. The first-order chi connectivity index (χ1) is 9.35. The van der Waals surface area contributed by atoms with Gasteiger partial charge in [-0.15, -0.1) is 0 Å². The zero-order valence-corrected chi connectivity index (χ0v) is 12.5. The van der Waals surface area contributed by atoms with Gasteiger partial charge in [-0.1, -0.05) is 12.1 Å². The van der Waals surface area contributed by atoms with Crippen molar-refractivity contribution in [2.45, 2.75) is 18.7 Å². The van der Waals surface area contributed by atoms with Crippen molar-refractivity contribution >= 4 is 21.5 Å². The number of benzene rings is 1. The average molecular weight is 291 g/mol. The summed E-state index contributed by atoms with van der Waals surface area (Å²) in [6.07, 6.45) is 1.55. The van der Waals surface area contributed by atoms with E-state index in [0.29, 0.717) is 11.4 Å². The number of nitrogens with zero attached hydrogens (tertiary/aromatic N) is 2. The summed E-state index contributed by atoms with van der Waals surface area (Å²) in [5.74, 6) is 0.354. The summed E-state index contributed by atoms with van der Waals surface area (Å²) in [6, 6.07) is 8.53. The number of aryl methyl sites for hydroxylation is 1. The Bertz CT molecular complexity index is 728. The lowest BCUT2D eigenvalue weighted by molar-refractivity contribution is 0.593. The van der Waals surface area contributed by atoms with Gasteiger partial charge < -0.3 is 5.73 Å². The Morgan fingerprint density at radius 1 is 1.15 bits per heavy atom. The maximum atomic E-state index is 12.7. The number of hydrogen-bond acceptors (Lipinski definition) is 4.